The van der Waals surface area contributed by atoms with E-state index in [1.165, 1.54) is 12.1 Å². The van der Waals surface area contributed by atoms with Crippen LogP contribution in [0, 0.1) is 17.1 Å². The zero-order valence-corrected chi connectivity index (χ0v) is 34.7. The Morgan fingerprint density at radius 1 is 0.852 bits per heavy atom. The average Bonchev–Trinajstić information content (AvgIpc) is 3.27. The van der Waals surface area contributed by atoms with Crippen LogP contribution < -0.4 is 19.5 Å². The van der Waals surface area contributed by atoms with Gasteiger partial charge in [-0.15, -0.1) is 0 Å². The molecule has 0 spiro atoms. The van der Waals surface area contributed by atoms with Crippen molar-refractivity contribution in [1.82, 2.24) is 10.2 Å². The predicted octanol–water partition coefficient (Wildman–Crippen LogP) is 10.2. The third-order valence-corrected chi connectivity index (χ3v) is 12.0. The van der Waals surface area contributed by atoms with Crippen molar-refractivity contribution in [3.8, 4) is 34.4 Å². The first-order valence-corrected chi connectivity index (χ1v) is 20.6. The van der Waals surface area contributed by atoms with E-state index in [0.29, 0.717) is 45.0 Å². The van der Waals surface area contributed by atoms with Crippen LogP contribution in [0.3, 0.4) is 0 Å². The number of hydrogen-bond donors (Lipinski definition) is 2. The lowest BCUT2D eigenvalue weighted by atomic mass is 9.91. The number of ether oxygens (including phenoxy) is 3. The van der Waals surface area contributed by atoms with Crippen molar-refractivity contribution >= 4 is 46.7 Å². The lowest BCUT2D eigenvalue weighted by Crippen LogP contribution is -2.54. The van der Waals surface area contributed by atoms with Gasteiger partial charge in [-0.3, -0.25) is 9.69 Å². The molecule has 0 aliphatic carbocycles. The highest BCUT2D eigenvalue weighted by atomic mass is 35.5. The number of amides is 1. The third kappa shape index (κ3) is 9.62. The van der Waals surface area contributed by atoms with Crippen molar-refractivity contribution in [2.45, 2.75) is 50.7 Å². The molecule has 1 amide bonds. The highest BCUT2D eigenvalue weighted by Crippen LogP contribution is 2.41. The molecule has 0 saturated carbocycles. The zero-order valence-electron chi connectivity index (χ0n) is 32.4. The fourth-order valence-corrected chi connectivity index (χ4v) is 8.07. The van der Waals surface area contributed by atoms with Crippen molar-refractivity contribution < 1.29 is 33.3 Å². The third-order valence-electron chi connectivity index (χ3n) is 10.9. The summed E-state index contributed by atoms with van der Waals surface area (Å²) in [7, 11) is 0. The number of nitriles is 1. The fourth-order valence-electron chi connectivity index (χ4n) is 7.53. The van der Waals surface area contributed by atoms with Crippen LogP contribution in [0.4, 0.5) is 4.39 Å². The molecule has 0 fully saturated rings. The molecule has 6 aromatic rings. The number of carbonyl (C=O) groups excluding carboxylic acids is 1. The molecule has 3 unspecified atom stereocenters. The predicted molar refractivity (Wildman–Crippen MR) is 231 cm³/mol. The van der Waals surface area contributed by atoms with Gasteiger partial charge in [0.2, 0.25) is 5.91 Å². The van der Waals surface area contributed by atoms with Crippen LogP contribution in [0.2, 0.25) is 15.1 Å². The molecular weight excluding hydrogens is 840 g/mol. The number of nitrogens with one attached hydrogen (secondary N) is 1. The molecule has 2 heterocycles. The van der Waals surface area contributed by atoms with Gasteiger partial charge in [-0.25, -0.2) is 9.18 Å². The zero-order chi connectivity index (χ0) is 42.6. The van der Waals surface area contributed by atoms with Gasteiger partial charge in [-0.1, -0.05) is 95.5 Å². The Bertz CT molecular complexity index is 2620. The van der Waals surface area contributed by atoms with Crippen molar-refractivity contribution in [1.29, 1.82) is 5.26 Å². The van der Waals surface area contributed by atoms with Crippen molar-refractivity contribution in [3.63, 3.8) is 0 Å². The monoisotopic (exact) mass is 875 g/mol. The number of carboxylic acids is 1. The van der Waals surface area contributed by atoms with Gasteiger partial charge >= 0.3 is 5.97 Å². The Labute approximate surface area is 366 Å². The average molecular weight is 877 g/mol. The van der Waals surface area contributed by atoms with Gasteiger partial charge in [0, 0.05) is 30.1 Å². The summed E-state index contributed by atoms with van der Waals surface area (Å²) in [6.45, 7) is 0.774. The lowest BCUT2D eigenvalue weighted by molar-refractivity contribution is -0.142. The van der Waals surface area contributed by atoms with Crippen molar-refractivity contribution in [2.75, 3.05) is 6.61 Å². The standard InChI is InChI=1S/C48H37Cl3FN3O6/c49-38-2-1-3-41(52)37(38)25-55-24-35-22-45-44(60-27-46(61-45)33-13-15-36(16-14-33)59-26-30-8-17-39(50)40(51)18-30)21-34(35)20-43(55)47(56)54-42(48(57)58)19-28-4-9-31(10-5-28)32-11-6-29(23-53)7-12-32/h1-18,21-22,42-43,46H,19-20,24-27H2,(H,54,56)(H,57,58). The summed E-state index contributed by atoms with van der Waals surface area (Å²) >= 11 is 18.7. The van der Waals surface area contributed by atoms with Gasteiger partial charge in [-0.2, -0.15) is 5.26 Å². The topological polar surface area (TPSA) is 121 Å². The summed E-state index contributed by atoms with van der Waals surface area (Å²) in [4.78, 5) is 28.6. The van der Waals surface area contributed by atoms with E-state index in [1.54, 1.807) is 35.2 Å². The molecule has 0 bridgehead atoms. The molecule has 0 radical (unpaired) electrons. The molecule has 0 saturated heterocycles. The van der Waals surface area contributed by atoms with Crippen LogP contribution in [0.1, 0.15) is 45.0 Å². The Balaban J connectivity index is 0.980. The molecule has 9 nitrogen and oxygen atoms in total. The number of hydrogen-bond acceptors (Lipinski definition) is 7. The number of carboxylic acid groups (broad SMARTS) is 1. The van der Waals surface area contributed by atoms with Crippen LogP contribution in [0.25, 0.3) is 11.1 Å². The number of aliphatic carboxylic acids is 1. The lowest BCUT2D eigenvalue weighted by Gasteiger charge is -2.38. The Hall–Kier alpha value is -6.09. The first kappa shape index (κ1) is 41.6. The molecule has 3 atom stereocenters. The van der Waals surface area contributed by atoms with Crippen LogP contribution >= 0.6 is 34.8 Å². The molecule has 2 N–H and O–H groups in total. The van der Waals surface area contributed by atoms with Crippen LogP contribution in [-0.2, 0) is 42.1 Å². The van der Waals surface area contributed by atoms with Crippen molar-refractivity contribution in [3.05, 3.63) is 181 Å². The molecule has 13 heteroatoms. The van der Waals surface area contributed by atoms with Gasteiger partial charge < -0.3 is 24.6 Å². The number of benzene rings is 6. The minimum atomic E-state index is -1.24. The molecule has 0 aromatic heterocycles. The fraction of sp³-hybridized carbons (Fsp3) is 0.188. The summed E-state index contributed by atoms with van der Waals surface area (Å²) in [5.74, 6) is -0.504. The smallest absolute Gasteiger partial charge is 0.326 e. The largest absolute Gasteiger partial charge is 0.489 e. The second kappa shape index (κ2) is 18.3. The molecule has 6 aromatic carbocycles. The SMILES string of the molecule is N#Cc1ccc(-c2ccc(CC(NC(=O)C3Cc4cc5c(cc4CN3Cc3c(F)cccc3Cl)OC(c3ccc(OCc4ccc(Cl)c(Cl)c4)cc3)CO5)C(=O)O)cc2)cc1. The molecule has 308 valence electrons. The van der Waals surface area contributed by atoms with Crippen LogP contribution in [0.5, 0.6) is 17.2 Å². The highest BCUT2D eigenvalue weighted by molar-refractivity contribution is 6.42. The van der Waals surface area contributed by atoms with Gasteiger partial charge in [0.1, 0.15) is 30.8 Å². The summed E-state index contributed by atoms with van der Waals surface area (Å²) in [6, 6.07) is 35.6. The number of halogens is 4. The van der Waals surface area contributed by atoms with Crippen LogP contribution in [0.15, 0.2) is 121 Å². The van der Waals surface area contributed by atoms with Gasteiger partial charge in [0.05, 0.1) is 27.7 Å². The minimum Gasteiger partial charge on any atom is -0.489 e. The van der Waals surface area contributed by atoms with E-state index >= 15 is 4.39 Å². The van der Waals surface area contributed by atoms with Gasteiger partial charge in [-0.05, 0) is 106 Å². The summed E-state index contributed by atoms with van der Waals surface area (Å²) < 4.78 is 33.8. The van der Waals surface area contributed by atoms with E-state index in [9.17, 15) is 14.7 Å². The number of rotatable bonds is 12. The maximum absolute atomic E-state index is 15.2. The van der Waals surface area contributed by atoms with Crippen molar-refractivity contribution in [2.24, 2.45) is 0 Å². The van der Waals surface area contributed by atoms with Crippen LogP contribution in [-0.4, -0.2) is 40.6 Å². The first-order valence-electron chi connectivity index (χ1n) is 19.4. The van der Waals surface area contributed by atoms with E-state index < -0.39 is 35.9 Å². The van der Waals surface area contributed by atoms with Gasteiger partial charge in [0.15, 0.2) is 17.6 Å². The summed E-state index contributed by atoms with van der Waals surface area (Å²) in [5, 5.41) is 23.3. The second-order valence-electron chi connectivity index (χ2n) is 14.9. The molecular formula is C48H37Cl3FN3O6. The van der Waals surface area contributed by atoms with E-state index in [-0.39, 0.29) is 43.1 Å². The first-order chi connectivity index (χ1) is 29.5. The maximum atomic E-state index is 15.2. The minimum absolute atomic E-state index is 0.00583. The molecule has 8 rings (SSSR count). The Morgan fingerprint density at radius 2 is 1.56 bits per heavy atom. The summed E-state index contributed by atoms with van der Waals surface area (Å²) in [6.07, 6.45) is -0.182. The van der Waals surface area contributed by atoms with Gasteiger partial charge in [0.25, 0.3) is 0 Å². The van der Waals surface area contributed by atoms with E-state index in [4.69, 9.17) is 54.3 Å². The molecule has 2 aliphatic rings. The normalized spacial score (nSPS) is 16.2. The van der Waals surface area contributed by atoms with E-state index in [0.717, 1.165) is 33.4 Å². The number of fused-ring (bicyclic) bond motifs is 2. The summed E-state index contributed by atoms with van der Waals surface area (Å²) in [5.41, 5.74) is 6.74. The molecule has 61 heavy (non-hydrogen) atoms. The number of carbonyl (C=O) groups is 2. The van der Waals surface area contributed by atoms with E-state index in [2.05, 4.69) is 11.4 Å². The Kier molecular flexibility index (Phi) is 12.5. The van der Waals surface area contributed by atoms with E-state index in [1.807, 2.05) is 78.9 Å². The number of nitrogens with zero attached hydrogens (tertiary/aromatic N) is 2. The maximum Gasteiger partial charge on any atom is 0.326 e. The Morgan fingerprint density at radius 3 is 2.25 bits per heavy atom. The second-order valence-corrected chi connectivity index (χ2v) is 16.1. The highest BCUT2D eigenvalue weighted by Gasteiger charge is 2.36. The molecule has 2 aliphatic heterocycles. The quantitative estimate of drug-likeness (QED) is 0.125.